The van der Waals surface area contributed by atoms with Gasteiger partial charge in [0.2, 0.25) is 5.56 Å². The molecule has 0 bridgehead atoms. The molecule has 1 aliphatic heterocycles. The van der Waals surface area contributed by atoms with E-state index in [0.29, 0.717) is 17.0 Å². The number of carbonyl (C=O) groups excluding carboxylic acids is 1. The van der Waals surface area contributed by atoms with Crippen LogP contribution in [0.5, 0.6) is 0 Å². The highest BCUT2D eigenvalue weighted by Crippen LogP contribution is 2.18. The molecule has 122 valence electrons. The highest BCUT2D eigenvalue weighted by atomic mass is 16.2. The molecule has 1 aromatic heterocycles. The van der Waals surface area contributed by atoms with Crippen molar-refractivity contribution in [2.45, 2.75) is 13.8 Å². The molecule has 0 aliphatic carbocycles. The number of benzene rings is 1. The van der Waals surface area contributed by atoms with Crippen LogP contribution >= 0.6 is 0 Å². The van der Waals surface area contributed by atoms with Crippen molar-refractivity contribution >= 4 is 16.8 Å². The van der Waals surface area contributed by atoms with Gasteiger partial charge in [0, 0.05) is 55.3 Å². The van der Waals surface area contributed by atoms with E-state index in [-0.39, 0.29) is 11.5 Å². The van der Waals surface area contributed by atoms with Gasteiger partial charge in [0.25, 0.3) is 5.91 Å². The third-order valence-electron chi connectivity index (χ3n) is 4.28. The quantitative estimate of drug-likeness (QED) is 0.942. The summed E-state index contributed by atoms with van der Waals surface area (Å²) >= 11 is 0. The van der Waals surface area contributed by atoms with Crippen LogP contribution in [0.25, 0.3) is 10.9 Å². The third kappa shape index (κ3) is 3.45. The number of aromatic nitrogens is 1. The van der Waals surface area contributed by atoms with Crippen LogP contribution in [0.15, 0.2) is 35.1 Å². The van der Waals surface area contributed by atoms with Crippen LogP contribution in [0.1, 0.15) is 24.2 Å². The Morgan fingerprint density at radius 2 is 1.87 bits per heavy atom. The fraction of sp³-hybridized carbons (Fsp3) is 0.444. The van der Waals surface area contributed by atoms with Crippen molar-refractivity contribution in [3.63, 3.8) is 0 Å². The molecule has 23 heavy (non-hydrogen) atoms. The second kappa shape index (κ2) is 6.54. The number of piperazine rings is 1. The highest BCUT2D eigenvalue weighted by molar-refractivity contribution is 6.06. The summed E-state index contributed by atoms with van der Waals surface area (Å²) in [6.45, 7) is 8.87. The van der Waals surface area contributed by atoms with Gasteiger partial charge in [-0.25, -0.2) is 0 Å². The van der Waals surface area contributed by atoms with Gasteiger partial charge < -0.3 is 9.88 Å². The molecule has 2 heterocycles. The molecule has 1 aromatic carbocycles. The summed E-state index contributed by atoms with van der Waals surface area (Å²) in [6.07, 6.45) is 0. The fourth-order valence-corrected chi connectivity index (χ4v) is 3.19. The fourth-order valence-electron chi connectivity index (χ4n) is 3.19. The molecule has 1 fully saturated rings. The van der Waals surface area contributed by atoms with Gasteiger partial charge in [-0.15, -0.1) is 0 Å². The first-order chi connectivity index (χ1) is 11.0. The molecular formula is C18H23N3O2. The molecule has 3 rings (SSSR count). The lowest BCUT2D eigenvalue weighted by atomic mass is 10.1. The first-order valence-corrected chi connectivity index (χ1v) is 8.18. The maximum Gasteiger partial charge on any atom is 0.254 e. The van der Waals surface area contributed by atoms with Gasteiger partial charge in [0.15, 0.2) is 0 Å². The molecule has 1 saturated heterocycles. The van der Waals surface area contributed by atoms with E-state index in [1.165, 1.54) is 6.07 Å². The van der Waals surface area contributed by atoms with Crippen molar-refractivity contribution in [2.24, 2.45) is 5.92 Å². The predicted octanol–water partition coefficient (Wildman–Crippen LogP) is 1.94. The smallest absolute Gasteiger partial charge is 0.254 e. The Bertz CT molecular complexity index is 758. The third-order valence-corrected chi connectivity index (χ3v) is 4.28. The number of pyridine rings is 1. The van der Waals surface area contributed by atoms with Crippen molar-refractivity contribution in [3.05, 3.63) is 46.2 Å². The van der Waals surface area contributed by atoms with Crippen molar-refractivity contribution < 1.29 is 4.79 Å². The van der Waals surface area contributed by atoms with Gasteiger partial charge >= 0.3 is 0 Å². The standard InChI is InChI=1S/C18H23N3O2/c1-13(2)12-20-8-10-21(11-9-20)18(23)15-4-3-5-16-14(15)6-7-17(22)19-16/h3-7,13H,8-12H2,1-2H3,(H,19,22). The maximum absolute atomic E-state index is 12.8. The number of fused-ring (bicyclic) bond motifs is 1. The summed E-state index contributed by atoms with van der Waals surface area (Å²) < 4.78 is 0. The van der Waals surface area contributed by atoms with Crippen LogP contribution in [0.2, 0.25) is 0 Å². The summed E-state index contributed by atoms with van der Waals surface area (Å²) in [7, 11) is 0. The number of H-pyrrole nitrogens is 1. The highest BCUT2D eigenvalue weighted by Gasteiger charge is 2.23. The van der Waals surface area contributed by atoms with Crippen molar-refractivity contribution in [3.8, 4) is 0 Å². The first-order valence-electron chi connectivity index (χ1n) is 8.18. The minimum absolute atomic E-state index is 0.0480. The molecule has 0 radical (unpaired) electrons. The summed E-state index contributed by atoms with van der Waals surface area (Å²) in [5, 5.41) is 0.807. The Kier molecular flexibility index (Phi) is 4.48. The largest absolute Gasteiger partial charge is 0.336 e. The lowest BCUT2D eigenvalue weighted by molar-refractivity contribution is 0.0625. The lowest BCUT2D eigenvalue weighted by Gasteiger charge is -2.35. The normalized spacial score (nSPS) is 16.2. The van der Waals surface area contributed by atoms with E-state index in [1.807, 2.05) is 23.1 Å². The number of hydrogen-bond acceptors (Lipinski definition) is 3. The summed E-state index contributed by atoms with van der Waals surface area (Å²) in [5.41, 5.74) is 1.22. The average molecular weight is 313 g/mol. The Balaban J connectivity index is 1.78. The van der Waals surface area contributed by atoms with Gasteiger partial charge in [-0.2, -0.15) is 0 Å². The van der Waals surface area contributed by atoms with E-state index in [4.69, 9.17) is 0 Å². The Morgan fingerprint density at radius 1 is 1.13 bits per heavy atom. The Morgan fingerprint density at radius 3 is 2.57 bits per heavy atom. The van der Waals surface area contributed by atoms with Gasteiger partial charge in [0.1, 0.15) is 0 Å². The van der Waals surface area contributed by atoms with Crippen molar-refractivity contribution in [1.29, 1.82) is 0 Å². The van der Waals surface area contributed by atoms with Crippen LogP contribution in [0.3, 0.4) is 0 Å². The SMILES string of the molecule is CC(C)CN1CCN(C(=O)c2cccc3[nH]c(=O)ccc23)CC1. The molecule has 0 atom stereocenters. The van der Waals surface area contributed by atoms with E-state index >= 15 is 0 Å². The summed E-state index contributed by atoms with van der Waals surface area (Å²) in [6, 6.07) is 8.69. The minimum Gasteiger partial charge on any atom is -0.336 e. The second-order valence-corrected chi connectivity index (χ2v) is 6.58. The van der Waals surface area contributed by atoms with E-state index in [9.17, 15) is 9.59 Å². The molecule has 0 unspecified atom stereocenters. The molecule has 1 aliphatic rings. The molecule has 5 heteroatoms. The minimum atomic E-state index is -0.149. The van der Waals surface area contributed by atoms with E-state index in [0.717, 1.165) is 38.1 Å². The van der Waals surface area contributed by atoms with Crippen LogP contribution in [-0.4, -0.2) is 53.4 Å². The van der Waals surface area contributed by atoms with Gasteiger partial charge in [0.05, 0.1) is 0 Å². The predicted molar refractivity (Wildman–Crippen MR) is 91.8 cm³/mol. The maximum atomic E-state index is 12.8. The van der Waals surface area contributed by atoms with E-state index < -0.39 is 0 Å². The van der Waals surface area contributed by atoms with Crippen LogP contribution in [0, 0.1) is 5.92 Å². The zero-order valence-corrected chi connectivity index (χ0v) is 13.7. The number of rotatable bonds is 3. The van der Waals surface area contributed by atoms with Crippen LogP contribution in [-0.2, 0) is 0 Å². The number of aromatic amines is 1. The van der Waals surface area contributed by atoms with E-state index in [1.54, 1.807) is 6.07 Å². The molecule has 1 N–H and O–H groups in total. The number of amides is 1. The second-order valence-electron chi connectivity index (χ2n) is 6.58. The molecule has 0 saturated carbocycles. The number of hydrogen-bond donors (Lipinski definition) is 1. The van der Waals surface area contributed by atoms with Gasteiger partial charge in [-0.3, -0.25) is 14.5 Å². The van der Waals surface area contributed by atoms with E-state index in [2.05, 4.69) is 23.7 Å². The van der Waals surface area contributed by atoms with Crippen molar-refractivity contribution in [2.75, 3.05) is 32.7 Å². The molecule has 2 aromatic rings. The molecule has 0 spiro atoms. The number of nitrogens with zero attached hydrogens (tertiary/aromatic N) is 2. The van der Waals surface area contributed by atoms with Gasteiger partial charge in [-0.05, 0) is 24.1 Å². The Labute approximate surface area is 135 Å². The Hall–Kier alpha value is -2.14. The molecule has 5 nitrogen and oxygen atoms in total. The van der Waals surface area contributed by atoms with Crippen LogP contribution in [0.4, 0.5) is 0 Å². The number of nitrogens with one attached hydrogen (secondary N) is 1. The molecular weight excluding hydrogens is 290 g/mol. The first kappa shape index (κ1) is 15.7. The average Bonchev–Trinajstić information content (AvgIpc) is 2.53. The molecule has 1 amide bonds. The topological polar surface area (TPSA) is 56.4 Å². The summed E-state index contributed by atoms with van der Waals surface area (Å²) in [5.74, 6) is 0.694. The monoisotopic (exact) mass is 313 g/mol. The van der Waals surface area contributed by atoms with Crippen molar-refractivity contribution in [1.82, 2.24) is 14.8 Å². The summed E-state index contributed by atoms with van der Waals surface area (Å²) in [4.78, 5) is 31.4. The van der Waals surface area contributed by atoms with Gasteiger partial charge in [-0.1, -0.05) is 19.9 Å². The lowest BCUT2D eigenvalue weighted by Crippen LogP contribution is -2.49. The zero-order valence-electron chi connectivity index (χ0n) is 13.7. The zero-order chi connectivity index (χ0) is 16.4. The van der Waals surface area contributed by atoms with Crippen LogP contribution < -0.4 is 5.56 Å². The number of carbonyl (C=O) groups is 1.